The number of aryl methyl sites for hydroxylation is 2. The first-order chi connectivity index (χ1) is 9.38. The van der Waals surface area contributed by atoms with E-state index in [2.05, 4.69) is 5.32 Å². The topological polar surface area (TPSA) is 58.6 Å². The zero-order valence-electron chi connectivity index (χ0n) is 12.8. The summed E-state index contributed by atoms with van der Waals surface area (Å²) in [6.07, 6.45) is 0.178. The molecule has 0 saturated carbocycles. The number of benzene rings is 1. The molecule has 0 heterocycles. The molecule has 0 radical (unpaired) electrons. The van der Waals surface area contributed by atoms with Crippen LogP contribution in [0.5, 0.6) is 5.75 Å². The zero-order valence-corrected chi connectivity index (χ0v) is 12.8. The van der Waals surface area contributed by atoms with Crippen LogP contribution >= 0.6 is 0 Å². The number of aliphatic hydroxyl groups excluding tert-OH is 1. The quantitative estimate of drug-likeness (QED) is 0.804. The summed E-state index contributed by atoms with van der Waals surface area (Å²) in [7, 11) is 0. The van der Waals surface area contributed by atoms with Gasteiger partial charge in [-0.25, -0.2) is 0 Å². The van der Waals surface area contributed by atoms with Gasteiger partial charge in [0.15, 0.2) is 6.61 Å². The molecule has 0 aliphatic rings. The first-order valence-corrected chi connectivity index (χ1v) is 7.03. The lowest BCUT2D eigenvalue weighted by Gasteiger charge is -2.14. The van der Waals surface area contributed by atoms with E-state index >= 15 is 0 Å². The molecule has 0 aliphatic carbocycles. The lowest BCUT2D eigenvalue weighted by Crippen LogP contribution is -2.35. The molecule has 4 nitrogen and oxygen atoms in total. The van der Waals surface area contributed by atoms with Crippen molar-refractivity contribution in [3.63, 3.8) is 0 Å². The minimum Gasteiger partial charge on any atom is -0.483 e. The molecule has 20 heavy (non-hydrogen) atoms. The Kier molecular flexibility index (Phi) is 6.52. The van der Waals surface area contributed by atoms with Crippen molar-refractivity contribution in [2.24, 2.45) is 5.92 Å². The van der Waals surface area contributed by atoms with Crippen LogP contribution < -0.4 is 10.1 Å². The van der Waals surface area contributed by atoms with Crippen LogP contribution in [0.3, 0.4) is 0 Å². The molecule has 0 bridgehead atoms. The number of ether oxygens (including phenoxy) is 1. The van der Waals surface area contributed by atoms with E-state index in [0.717, 1.165) is 16.9 Å². The number of carbonyl (C=O) groups is 1. The van der Waals surface area contributed by atoms with E-state index in [-0.39, 0.29) is 19.1 Å². The fraction of sp³-hybridized carbons (Fsp3) is 0.562. The molecule has 4 heteroatoms. The van der Waals surface area contributed by atoms with Crippen LogP contribution in [0.1, 0.15) is 31.4 Å². The molecule has 0 saturated heterocycles. The molecule has 1 unspecified atom stereocenters. The van der Waals surface area contributed by atoms with Crippen LogP contribution in [0.2, 0.25) is 0 Å². The predicted molar refractivity (Wildman–Crippen MR) is 79.9 cm³/mol. The lowest BCUT2D eigenvalue weighted by atomic mass is 10.1. The predicted octanol–water partition coefficient (Wildman–Crippen LogP) is 2.21. The molecule has 2 N–H and O–H groups in total. The van der Waals surface area contributed by atoms with Gasteiger partial charge in [-0.2, -0.15) is 0 Å². The smallest absolute Gasteiger partial charge is 0.258 e. The number of amides is 1. The molecule has 1 rings (SSSR count). The summed E-state index contributed by atoms with van der Waals surface area (Å²) < 4.78 is 5.50. The number of hydrogen-bond acceptors (Lipinski definition) is 3. The molecule has 0 aromatic heterocycles. The van der Waals surface area contributed by atoms with Gasteiger partial charge in [-0.1, -0.05) is 26.0 Å². The molecule has 1 atom stereocenters. The van der Waals surface area contributed by atoms with E-state index < -0.39 is 6.10 Å². The molecule has 112 valence electrons. The Morgan fingerprint density at radius 3 is 2.70 bits per heavy atom. The molecule has 1 aromatic carbocycles. The Balaban J connectivity index is 2.34. The third kappa shape index (κ3) is 6.06. The normalized spacial score (nSPS) is 12.3. The molecule has 0 spiro atoms. The maximum Gasteiger partial charge on any atom is 0.258 e. The first kappa shape index (κ1) is 16.5. The van der Waals surface area contributed by atoms with E-state index in [0.29, 0.717) is 12.3 Å². The maximum atomic E-state index is 11.7. The van der Waals surface area contributed by atoms with Crippen LogP contribution in [0.25, 0.3) is 0 Å². The van der Waals surface area contributed by atoms with E-state index in [4.69, 9.17) is 4.74 Å². The summed E-state index contributed by atoms with van der Waals surface area (Å²) in [5.74, 6) is 0.921. The average Bonchev–Trinajstić information content (AvgIpc) is 2.36. The largest absolute Gasteiger partial charge is 0.483 e. The second kappa shape index (κ2) is 7.90. The van der Waals surface area contributed by atoms with Crippen LogP contribution in [0, 0.1) is 19.8 Å². The number of carbonyl (C=O) groups excluding carboxylic acids is 1. The van der Waals surface area contributed by atoms with Crippen LogP contribution in [-0.4, -0.2) is 30.3 Å². The molecular formula is C16H25NO3. The highest BCUT2D eigenvalue weighted by Crippen LogP contribution is 2.18. The van der Waals surface area contributed by atoms with Gasteiger partial charge in [0, 0.05) is 6.54 Å². The van der Waals surface area contributed by atoms with Gasteiger partial charge in [0.1, 0.15) is 5.75 Å². The maximum absolute atomic E-state index is 11.7. The Hall–Kier alpha value is -1.55. The van der Waals surface area contributed by atoms with Crippen molar-refractivity contribution in [1.82, 2.24) is 5.32 Å². The minimum atomic E-state index is -0.500. The average molecular weight is 279 g/mol. The standard InChI is InChI=1S/C16H25NO3/c1-11(2)7-14(18)9-17-16(19)10-20-15-8-12(3)5-6-13(15)4/h5-6,8,11,14,18H,7,9-10H2,1-4H3,(H,17,19). The summed E-state index contributed by atoms with van der Waals surface area (Å²) in [5, 5.41) is 12.4. The summed E-state index contributed by atoms with van der Waals surface area (Å²) in [4.78, 5) is 11.7. The van der Waals surface area contributed by atoms with Gasteiger partial charge in [-0.3, -0.25) is 4.79 Å². The van der Waals surface area contributed by atoms with Gasteiger partial charge < -0.3 is 15.2 Å². The number of rotatable bonds is 7. The van der Waals surface area contributed by atoms with Gasteiger partial charge in [-0.15, -0.1) is 0 Å². The molecular weight excluding hydrogens is 254 g/mol. The molecule has 0 fully saturated rings. The van der Waals surface area contributed by atoms with Gasteiger partial charge in [0.05, 0.1) is 6.10 Å². The summed E-state index contributed by atoms with van der Waals surface area (Å²) in [5.41, 5.74) is 2.10. The van der Waals surface area contributed by atoms with Crippen molar-refractivity contribution in [3.8, 4) is 5.75 Å². The van der Waals surface area contributed by atoms with Crippen molar-refractivity contribution in [1.29, 1.82) is 0 Å². The van der Waals surface area contributed by atoms with Crippen molar-refractivity contribution in [2.45, 2.75) is 40.2 Å². The van der Waals surface area contributed by atoms with Crippen molar-refractivity contribution in [2.75, 3.05) is 13.2 Å². The highest BCUT2D eigenvalue weighted by molar-refractivity contribution is 5.77. The number of hydrogen-bond donors (Lipinski definition) is 2. The summed E-state index contributed by atoms with van der Waals surface area (Å²) in [6, 6.07) is 5.88. The Labute approximate surface area is 121 Å². The third-order valence-electron chi connectivity index (χ3n) is 2.98. The van der Waals surface area contributed by atoms with Crippen LogP contribution in [0.15, 0.2) is 18.2 Å². The number of aliphatic hydroxyl groups is 1. The fourth-order valence-electron chi connectivity index (χ4n) is 1.92. The van der Waals surface area contributed by atoms with Crippen molar-refractivity contribution < 1.29 is 14.6 Å². The molecule has 1 aromatic rings. The second-order valence-electron chi connectivity index (χ2n) is 5.65. The minimum absolute atomic E-state index is 0.0291. The monoisotopic (exact) mass is 279 g/mol. The Bertz CT molecular complexity index is 443. The van der Waals surface area contributed by atoms with E-state index in [1.54, 1.807) is 0 Å². The van der Waals surface area contributed by atoms with Gasteiger partial charge in [0.2, 0.25) is 0 Å². The fourth-order valence-corrected chi connectivity index (χ4v) is 1.92. The van der Waals surface area contributed by atoms with E-state index in [1.807, 2.05) is 45.9 Å². The second-order valence-corrected chi connectivity index (χ2v) is 5.65. The van der Waals surface area contributed by atoms with Gasteiger partial charge in [0.25, 0.3) is 5.91 Å². The summed E-state index contributed by atoms with van der Waals surface area (Å²) in [6.45, 7) is 8.24. The molecule has 1 amide bonds. The number of nitrogens with one attached hydrogen (secondary N) is 1. The zero-order chi connectivity index (χ0) is 15.1. The lowest BCUT2D eigenvalue weighted by molar-refractivity contribution is -0.123. The third-order valence-corrected chi connectivity index (χ3v) is 2.98. The first-order valence-electron chi connectivity index (χ1n) is 7.03. The van der Waals surface area contributed by atoms with Gasteiger partial charge in [-0.05, 0) is 43.4 Å². The highest BCUT2D eigenvalue weighted by Gasteiger charge is 2.10. The summed E-state index contributed by atoms with van der Waals surface area (Å²) >= 11 is 0. The van der Waals surface area contributed by atoms with Crippen LogP contribution in [0.4, 0.5) is 0 Å². The Morgan fingerprint density at radius 2 is 2.05 bits per heavy atom. The van der Waals surface area contributed by atoms with E-state index in [9.17, 15) is 9.90 Å². The van der Waals surface area contributed by atoms with E-state index in [1.165, 1.54) is 0 Å². The van der Waals surface area contributed by atoms with Crippen molar-refractivity contribution >= 4 is 5.91 Å². The SMILES string of the molecule is Cc1ccc(C)c(OCC(=O)NCC(O)CC(C)C)c1. The molecule has 0 aliphatic heterocycles. The van der Waals surface area contributed by atoms with Gasteiger partial charge >= 0.3 is 0 Å². The Morgan fingerprint density at radius 1 is 1.35 bits per heavy atom. The highest BCUT2D eigenvalue weighted by atomic mass is 16.5. The van der Waals surface area contributed by atoms with Crippen molar-refractivity contribution in [3.05, 3.63) is 29.3 Å². The van der Waals surface area contributed by atoms with Crippen LogP contribution in [-0.2, 0) is 4.79 Å².